The van der Waals surface area contributed by atoms with Gasteiger partial charge < -0.3 is 84.5 Å². The number of H-pyrrole nitrogens is 1. The van der Waals surface area contributed by atoms with Gasteiger partial charge in [-0.05, 0) is 51.5 Å². The summed E-state index contributed by atoms with van der Waals surface area (Å²) in [4.78, 5) is 156. The van der Waals surface area contributed by atoms with Crippen molar-refractivity contribution in [3.63, 3.8) is 0 Å². The van der Waals surface area contributed by atoms with Crippen molar-refractivity contribution in [1.82, 2.24) is 51.4 Å². The number of carbonyl (C=O) groups is 10. The highest BCUT2D eigenvalue weighted by Crippen LogP contribution is 2.48. The maximum Gasteiger partial charge on any atom is 0.404 e. The molecule has 0 fully saturated rings. The first kappa shape index (κ1) is 62.4. The van der Waals surface area contributed by atoms with Crippen molar-refractivity contribution in [3.05, 3.63) is 74.6 Å². The molecule has 2 aromatic heterocycles. The number of allylic oxidation sites excluding steroid dienone is 2. The molecule has 0 radical (unpaired) electrons. The molecule has 18 N–H and O–H groups in total. The van der Waals surface area contributed by atoms with E-state index in [2.05, 4.69) is 51.8 Å². The first-order chi connectivity index (χ1) is 37.8. The molecular formula is C47H61N15O16S2. The van der Waals surface area contributed by atoms with Gasteiger partial charge in [0.1, 0.15) is 30.8 Å². The number of nitrogens with zero attached hydrogens (tertiary/aromatic N) is 4. The summed E-state index contributed by atoms with van der Waals surface area (Å²) in [6, 6.07) is -1.44. The number of ketones is 2. The number of carboxylic acid groups (broad SMARTS) is 3. The van der Waals surface area contributed by atoms with Crippen LogP contribution in [0.25, 0.3) is 11.2 Å². The van der Waals surface area contributed by atoms with Gasteiger partial charge in [-0.3, -0.25) is 43.3 Å². The van der Waals surface area contributed by atoms with Crippen LogP contribution in [-0.4, -0.2) is 180 Å². The lowest BCUT2D eigenvalue weighted by molar-refractivity contribution is -0.158. The van der Waals surface area contributed by atoms with Gasteiger partial charge in [-0.15, -0.1) is 0 Å². The molecule has 31 nitrogen and oxygen atoms in total. The molecule has 0 saturated heterocycles. The Morgan fingerprint density at radius 3 is 2.19 bits per heavy atom. The number of carbonyl (C=O) groups excluding carboxylic acids is 7. The number of fused-ring (bicyclic) bond motifs is 1. The fraction of sp³-hybridized carbons (Fsp3) is 0.447. The van der Waals surface area contributed by atoms with Crippen molar-refractivity contribution >= 4 is 104 Å². The number of nitrogens with one attached hydrogen (secondary N) is 7. The Morgan fingerprint density at radius 2 is 1.57 bits per heavy atom. The van der Waals surface area contributed by atoms with Crippen molar-refractivity contribution in [2.75, 3.05) is 55.9 Å². The number of Topliss-reactive ketones (excluding diaryl/α,β-unsaturated/α-hetero) is 2. The van der Waals surface area contributed by atoms with Crippen LogP contribution in [0.2, 0.25) is 0 Å². The molecule has 3 heterocycles. The molecule has 0 bridgehead atoms. The van der Waals surface area contributed by atoms with Crippen LogP contribution in [-0.2, 0) is 54.4 Å². The monoisotopic (exact) mass is 1160 g/mol. The van der Waals surface area contributed by atoms with E-state index in [-0.39, 0.29) is 76.4 Å². The van der Waals surface area contributed by atoms with E-state index in [4.69, 9.17) is 32.4 Å². The Balaban J connectivity index is 1.06. The number of hydrogen-bond donors (Lipinski definition) is 14. The minimum atomic E-state index is -1.83. The van der Waals surface area contributed by atoms with Crippen LogP contribution in [0.3, 0.4) is 0 Å². The highest BCUT2D eigenvalue weighted by Gasteiger charge is 2.60. The minimum Gasteiger partial charge on any atom is -0.481 e. The van der Waals surface area contributed by atoms with Crippen molar-refractivity contribution < 1.29 is 72.7 Å². The van der Waals surface area contributed by atoms with E-state index in [1.54, 1.807) is 18.7 Å². The Kier molecular flexibility index (Phi) is 21.8. The van der Waals surface area contributed by atoms with Crippen LogP contribution < -0.4 is 60.4 Å². The number of anilines is 2. The smallest absolute Gasteiger partial charge is 0.404 e. The third-order valence-electron chi connectivity index (χ3n) is 12.5. The first-order valence-electron chi connectivity index (χ1n) is 24.3. The fourth-order valence-corrected chi connectivity index (χ4v) is 10.7. The van der Waals surface area contributed by atoms with Crippen molar-refractivity contribution in [1.29, 1.82) is 0 Å². The number of methoxy groups -OCH3 is 1. The van der Waals surface area contributed by atoms with Crippen molar-refractivity contribution in [2.24, 2.45) is 23.1 Å². The zero-order valence-electron chi connectivity index (χ0n) is 43.5. The summed E-state index contributed by atoms with van der Waals surface area (Å²) in [5, 5.41) is 44.2. The molecule has 2 aliphatic rings. The Labute approximate surface area is 462 Å². The number of nitrogens with two attached hydrogens (primary N) is 4. The summed E-state index contributed by atoms with van der Waals surface area (Å²) in [5.74, 6) is -10.6. The number of carboxylic acids is 3. The van der Waals surface area contributed by atoms with E-state index in [9.17, 15) is 68.1 Å². The van der Waals surface area contributed by atoms with Crippen LogP contribution in [0.5, 0.6) is 0 Å². The van der Waals surface area contributed by atoms with E-state index in [1.165, 1.54) is 44.5 Å². The number of benzene rings is 1. The predicted octanol–water partition coefficient (Wildman–Crippen LogP) is -2.77. The van der Waals surface area contributed by atoms with Gasteiger partial charge in [0.25, 0.3) is 11.5 Å². The number of nitrogen functional groups attached to an aromatic ring is 1. The summed E-state index contributed by atoms with van der Waals surface area (Å²) >= 11 is 0. The lowest BCUT2D eigenvalue weighted by Gasteiger charge is -2.45. The Hall–Kier alpha value is -8.40. The van der Waals surface area contributed by atoms with Crippen LogP contribution in [0.4, 0.5) is 16.4 Å². The van der Waals surface area contributed by atoms with E-state index in [0.717, 1.165) is 21.6 Å². The van der Waals surface area contributed by atoms with Crippen molar-refractivity contribution in [2.45, 2.75) is 82.5 Å². The second-order valence-electron chi connectivity index (χ2n) is 17.9. The van der Waals surface area contributed by atoms with E-state index in [0.29, 0.717) is 11.4 Å². The SMILES string of the molecule is CCN1C2=C(C(=O)C(NCCSSC[C@H](NC(=O)[C@H](CC(=O)O)NC(=O)[C@@H](N)CNC(=O)CC[C@@H](NC(=O)c3ccc(NCc4cnc5nc(N)[nH]c(=O)c5n4)cc3)C(=O)O)C(=O)O)=C(C)C2=O)[C@@H](COC(N)=O)[C@@]1(OC)[C@H](C)N. The lowest BCUT2D eigenvalue weighted by Crippen LogP contribution is -2.62. The molecule has 33 heteroatoms. The maximum atomic E-state index is 14.1. The summed E-state index contributed by atoms with van der Waals surface area (Å²) in [6.45, 7) is 4.27. The third-order valence-corrected chi connectivity index (χ3v) is 15.0. The van der Waals surface area contributed by atoms with Gasteiger partial charge >= 0.3 is 24.0 Å². The van der Waals surface area contributed by atoms with Crippen LogP contribution in [0, 0.1) is 5.92 Å². The normalized spacial score (nSPS) is 17.8. The number of aromatic nitrogens is 4. The Bertz CT molecular complexity index is 3030. The Morgan fingerprint density at radius 1 is 0.900 bits per heavy atom. The summed E-state index contributed by atoms with van der Waals surface area (Å²) in [5.41, 5.74) is 22.3. The molecule has 5 amide bonds. The largest absolute Gasteiger partial charge is 0.481 e. The lowest BCUT2D eigenvalue weighted by atomic mass is 9.81. The number of aromatic amines is 1. The molecule has 0 spiro atoms. The van der Waals surface area contributed by atoms with Gasteiger partial charge in [-0.1, -0.05) is 21.6 Å². The molecule has 0 saturated carbocycles. The molecular weight excluding hydrogens is 1090 g/mol. The number of amides is 5. The number of primary amides is 1. The summed E-state index contributed by atoms with van der Waals surface area (Å²) in [7, 11) is 3.48. The molecule has 5 rings (SSSR count). The topological polar surface area (TPSA) is 501 Å². The predicted molar refractivity (Wildman–Crippen MR) is 286 cm³/mol. The van der Waals surface area contributed by atoms with Gasteiger partial charge in [0.2, 0.25) is 35.2 Å². The van der Waals surface area contributed by atoms with Gasteiger partial charge in [-0.25, -0.2) is 24.4 Å². The second-order valence-corrected chi connectivity index (χ2v) is 20.5. The standard InChI is InChI=1S/C47H61N15O16S2/c1-5-62-35-32(25(18-78-46(51)76)47(62,77-4)21(3)48)37(67)33(20(2)36(35)66)52-12-13-79-80-19-29(44(74)75)59-41(70)28(14-31(64)65)58-40(69)26(49)17-54-30(63)11-10-27(43(72)73)57-39(68)22-6-8-23(9-7-22)53-15-24-16-55-38-34(56-24)42(71)61-45(50)60-38/h6-9,16,21,25-29,52-53H,5,10-15,17-19,48-49H2,1-4H3,(H2,51,76)(H,54,63)(H,57,68)(H,58,69)(H,59,70)(H,64,65)(H,72,73)(H,74,75)(H3,50,55,60,61,71)/t21-,25+,26-,27+,28-,29-,47-/m0/s1. The van der Waals surface area contributed by atoms with E-state index >= 15 is 0 Å². The van der Waals surface area contributed by atoms with E-state index in [1.807, 2.05) is 0 Å². The quantitative estimate of drug-likeness (QED) is 0.0183. The van der Waals surface area contributed by atoms with Crippen LogP contribution in [0.15, 0.2) is 57.8 Å². The first-order valence-corrected chi connectivity index (χ1v) is 26.8. The summed E-state index contributed by atoms with van der Waals surface area (Å²) in [6.07, 6.45) is -1.57. The molecule has 1 aliphatic heterocycles. The molecule has 7 atom stereocenters. The number of ether oxygens (including phenoxy) is 2. The molecule has 80 heavy (non-hydrogen) atoms. The summed E-state index contributed by atoms with van der Waals surface area (Å²) < 4.78 is 11.0. The second kappa shape index (κ2) is 28.0. The number of likely N-dealkylation sites (N-methyl/N-ethyl adjacent to an activating group) is 1. The highest BCUT2D eigenvalue weighted by atomic mass is 33.1. The minimum absolute atomic E-state index is 0.0110. The molecule has 0 unspecified atom stereocenters. The zero-order valence-corrected chi connectivity index (χ0v) is 45.1. The number of aliphatic carboxylic acids is 3. The van der Waals surface area contributed by atoms with Gasteiger partial charge in [-0.2, -0.15) is 4.98 Å². The van der Waals surface area contributed by atoms with E-state index < -0.39 is 139 Å². The average molecular weight is 1160 g/mol. The van der Waals surface area contributed by atoms with Gasteiger partial charge in [0, 0.05) is 67.1 Å². The fourth-order valence-electron chi connectivity index (χ4n) is 8.64. The third kappa shape index (κ3) is 15.2. The zero-order chi connectivity index (χ0) is 59.2. The van der Waals surface area contributed by atoms with Crippen LogP contribution in [0.1, 0.15) is 56.1 Å². The molecule has 432 valence electrons. The molecule has 1 aromatic carbocycles. The average Bonchev–Trinajstić information content (AvgIpc) is 3.85. The van der Waals surface area contributed by atoms with Crippen molar-refractivity contribution in [3.8, 4) is 0 Å². The van der Waals surface area contributed by atoms with Gasteiger partial charge in [0.05, 0.1) is 48.2 Å². The number of rotatable bonds is 30. The van der Waals surface area contributed by atoms with Gasteiger partial charge in [0.15, 0.2) is 16.9 Å². The van der Waals surface area contributed by atoms with Crippen LogP contribution >= 0.6 is 21.6 Å². The highest BCUT2D eigenvalue weighted by molar-refractivity contribution is 8.76. The maximum absolute atomic E-state index is 14.1. The molecule has 1 aliphatic carbocycles. The number of hydrogen-bond acceptors (Lipinski definition) is 24. The molecule has 3 aromatic rings.